The molecule has 2 aromatic carbocycles. The molecule has 0 spiro atoms. The second-order valence-electron chi connectivity index (χ2n) is 5.22. The molecule has 0 aliphatic rings. The molecule has 0 radical (unpaired) electrons. The summed E-state index contributed by atoms with van der Waals surface area (Å²) in [6.07, 6.45) is 2.68. The summed E-state index contributed by atoms with van der Waals surface area (Å²) < 4.78 is 15.3. The van der Waals surface area contributed by atoms with Crippen LogP contribution in [0.2, 0.25) is 0 Å². The number of hydrogen-bond acceptors (Lipinski definition) is 5. The van der Waals surface area contributed by atoms with Gasteiger partial charge in [0, 0.05) is 30.8 Å². The Morgan fingerprint density at radius 1 is 0.917 bits per heavy atom. The minimum absolute atomic E-state index is 0.640. The number of nitrogens with zero attached hydrogens (tertiary/aromatic N) is 2. The third-order valence-electron chi connectivity index (χ3n) is 3.63. The van der Waals surface area contributed by atoms with Crippen molar-refractivity contribution in [1.29, 1.82) is 0 Å². The van der Waals surface area contributed by atoms with Crippen molar-refractivity contribution in [3.8, 4) is 27.3 Å². The lowest BCUT2D eigenvalue weighted by atomic mass is 9.98. The summed E-state index contributed by atoms with van der Waals surface area (Å²) in [6, 6.07) is 16.4. The summed E-state index contributed by atoms with van der Waals surface area (Å²) in [5.74, 6) is 0.888. The van der Waals surface area contributed by atoms with Crippen molar-refractivity contribution in [2.75, 3.05) is 19.8 Å². The van der Waals surface area contributed by atoms with Gasteiger partial charge in [-0.05, 0) is 30.1 Å². The van der Waals surface area contributed by atoms with E-state index in [1.807, 2.05) is 37.3 Å². The Bertz CT molecular complexity index is 760. The lowest BCUT2D eigenvalue weighted by Crippen LogP contribution is -2.03. The van der Waals surface area contributed by atoms with Crippen molar-refractivity contribution in [1.82, 2.24) is 9.59 Å². The molecule has 1 aromatic heterocycles. The maximum absolute atomic E-state index is 6.00. The van der Waals surface area contributed by atoms with Crippen molar-refractivity contribution in [3.05, 3.63) is 54.7 Å². The van der Waals surface area contributed by atoms with E-state index in [-0.39, 0.29) is 0 Å². The van der Waals surface area contributed by atoms with E-state index < -0.39 is 0 Å². The second-order valence-corrected chi connectivity index (χ2v) is 6.01. The van der Waals surface area contributed by atoms with E-state index in [4.69, 9.17) is 9.47 Å². The molecule has 5 heteroatoms. The maximum Gasteiger partial charge on any atom is 0.127 e. The van der Waals surface area contributed by atoms with E-state index >= 15 is 0 Å². The predicted octanol–water partition coefficient (Wildman–Crippen LogP) is 4.68. The minimum atomic E-state index is 0.640. The van der Waals surface area contributed by atoms with Gasteiger partial charge < -0.3 is 9.47 Å². The zero-order valence-electron chi connectivity index (χ0n) is 13.6. The molecule has 0 fully saturated rings. The van der Waals surface area contributed by atoms with Gasteiger partial charge in [0.25, 0.3) is 0 Å². The Balaban J connectivity index is 1.85. The van der Waals surface area contributed by atoms with Crippen LogP contribution in [-0.2, 0) is 4.74 Å². The van der Waals surface area contributed by atoms with E-state index in [0.717, 1.165) is 47.0 Å². The Kier molecular flexibility index (Phi) is 5.93. The topological polar surface area (TPSA) is 44.2 Å². The molecular weight excluding hydrogens is 320 g/mol. The zero-order chi connectivity index (χ0) is 16.6. The Labute approximate surface area is 146 Å². The smallest absolute Gasteiger partial charge is 0.127 e. The molecule has 1 heterocycles. The molecule has 0 bridgehead atoms. The largest absolute Gasteiger partial charge is 0.493 e. The average molecular weight is 340 g/mol. The number of ether oxygens (including phenoxy) is 2. The lowest BCUT2D eigenvalue weighted by Gasteiger charge is -2.14. The second kappa shape index (κ2) is 8.57. The third kappa shape index (κ3) is 3.99. The number of aromatic nitrogens is 2. The number of rotatable bonds is 8. The molecule has 124 valence electrons. The Morgan fingerprint density at radius 2 is 1.67 bits per heavy atom. The standard InChI is InChI=1S/C19H20N2O2S/c1-2-22-12-7-13-23-18-11-6-5-9-16(18)15-8-3-4-10-17(15)19-14-20-21-24-19/h3-6,8-11,14H,2,7,12-13H2,1H3. The van der Waals surface area contributed by atoms with E-state index in [0.29, 0.717) is 6.61 Å². The first-order valence-electron chi connectivity index (χ1n) is 8.07. The highest BCUT2D eigenvalue weighted by Crippen LogP contribution is 2.37. The van der Waals surface area contributed by atoms with E-state index in [1.54, 1.807) is 6.20 Å². The van der Waals surface area contributed by atoms with E-state index in [1.165, 1.54) is 11.5 Å². The van der Waals surface area contributed by atoms with Gasteiger partial charge in [-0.3, -0.25) is 0 Å². The lowest BCUT2D eigenvalue weighted by molar-refractivity contribution is 0.131. The van der Waals surface area contributed by atoms with Crippen molar-refractivity contribution < 1.29 is 9.47 Å². The molecule has 0 saturated heterocycles. The summed E-state index contributed by atoms with van der Waals surface area (Å²) in [5, 5.41) is 3.96. The highest BCUT2D eigenvalue weighted by Gasteiger charge is 2.12. The Morgan fingerprint density at radius 3 is 2.42 bits per heavy atom. The van der Waals surface area contributed by atoms with Crippen LogP contribution in [0, 0.1) is 0 Å². The fourth-order valence-electron chi connectivity index (χ4n) is 2.52. The van der Waals surface area contributed by atoms with Gasteiger partial charge in [-0.15, -0.1) is 5.10 Å². The molecule has 3 rings (SSSR count). The van der Waals surface area contributed by atoms with Crippen LogP contribution < -0.4 is 4.74 Å². The fraction of sp³-hybridized carbons (Fsp3) is 0.263. The molecule has 0 unspecified atom stereocenters. The molecular formula is C19H20N2O2S. The summed E-state index contributed by atoms with van der Waals surface area (Å²) in [6.45, 7) is 4.11. The normalized spacial score (nSPS) is 10.7. The van der Waals surface area contributed by atoms with Gasteiger partial charge in [0.2, 0.25) is 0 Å². The first-order valence-corrected chi connectivity index (χ1v) is 8.84. The number of hydrogen-bond donors (Lipinski definition) is 0. The van der Waals surface area contributed by atoms with Crippen molar-refractivity contribution in [2.24, 2.45) is 0 Å². The van der Waals surface area contributed by atoms with Gasteiger partial charge in [-0.1, -0.05) is 47.0 Å². The average Bonchev–Trinajstić information content (AvgIpc) is 3.16. The Hall–Kier alpha value is -2.24. The molecule has 24 heavy (non-hydrogen) atoms. The van der Waals surface area contributed by atoms with Crippen LogP contribution in [-0.4, -0.2) is 29.4 Å². The molecule has 3 aromatic rings. The molecule has 0 amide bonds. The summed E-state index contributed by atoms with van der Waals surface area (Å²) >= 11 is 1.40. The van der Waals surface area contributed by atoms with E-state index in [2.05, 4.69) is 27.8 Å². The summed E-state index contributed by atoms with van der Waals surface area (Å²) in [7, 11) is 0. The highest BCUT2D eigenvalue weighted by molar-refractivity contribution is 7.09. The van der Waals surface area contributed by atoms with Crippen molar-refractivity contribution in [2.45, 2.75) is 13.3 Å². The third-order valence-corrected chi connectivity index (χ3v) is 4.32. The van der Waals surface area contributed by atoms with Crippen LogP contribution in [0.3, 0.4) is 0 Å². The van der Waals surface area contributed by atoms with E-state index in [9.17, 15) is 0 Å². The van der Waals surface area contributed by atoms with Gasteiger partial charge in [0.15, 0.2) is 0 Å². The molecule has 0 aliphatic carbocycles. The van der Waals surface area contributed by atoms with Gasteiger partial charge >= 0.3 is 0 Å². The monoisotopic (exact) mass is 340 g/mol. The van der Waals surface area contributed by atoms with Crippen LogP contribution in [0.1, 0.15) is 13.3 Å². The molecule has 0 aliphatic heterocycles. The first-order chi connectivity index (χ1) is 11.9. The van der Waals surface area contributed by atoms with Crippen molar-refractivity contribution in [3.63, 3.8) is 0 Å². The SMILES string of the molecule is CCOCCCOc1ccccc1-c1ccccc1-c1cnns1. The maximum atomic E-state index is 6.00. The highest BCUT2D eigenvalue weighted by atomic mass is 32.1. The summed E-state index contributed by atoms with van der Waals surface area (Å²) in [5.41, 5.74) is 3.33. The van der Waals surface area contributed by atoms with Crippen LogP contribution in [0.4, 0.5) is 0 Å². The van der Waals surface area contributed by atoms with Gasteiger partial charge in [0.05, 0.1) is 17.7 Å². The first kappa shape index (κ1) is 16.6. The predicted molar refractivity (Wildman–Crippen MR) is 97.4 cm³/mol. The van der Waals surface area contributed by atoms with Crippen LogP contribution in [0.5, 0.6) is 5.75 Å². The fourth-order valence-corrected chi connectivity index (χ4v) is 3.07. The molecule has 0 atom stereocenters. The van der Waals surface area contributed by atoms with Crippen LogP contribution >= 0.6 is 11.5 Å². The zero-order valence-corrected chi connectivity index (χ0v) is 14.5. The van der Waals surface area contributed by atoms with Gasteiger partial charge in [0.1, 0.15) is 5.75 Å². The van der Waals surface area contributed by atoms with Crippen molar-refractivity contribution >= 4 is 11.5 Å². The minimum Gasteiger partial charge on any atom is -0.493 e. The number of benzene rings is 2. The summed E-state index contributed by atoms with van der Waals surface area (Å²) in [4.78, 5) is 1.05. The number of para-hydroxylation sites is 1. The molecule has 0 saturated carbocycles. The van der Waals surface area contributed by atoms with Crippen LogP contribution in [0.25, 0.3) is 21.6 Å². The van der Waals surface area contributed by atoms with Crippen LogP contribution in [0.15, 0.2) is 54.7 Å². The van der Waals surface area contributed by atoms with Gasteiger partial charge in [-0.2, -0.15) is 0 Å². The van der Waals surface area contributed by atoms with Gasteiger partial charge in [-0.25, -0.2) is 0 Å². The quantitative estimate of drug-likeness (QED) is 0.559. The molecule has 4 nitrogen and oxygen atoms in total. The molecule has 0 N–H and O–H groups in total.